The zero-order valence-corrected chi connectivity index (χ0v) is 7.29. The van der Waals surface area contributed by atoms with Gasteiger partial charge in [-0.25, -0.2) is 3.22 Å². The molecule has 1 heterocycles. The molecule has 0 saturated heterocycles. The molecule has 1 rings (SSSR count). The first kappa shape index (κ1) is 6.83. The fourth-order valence-electron chi connectivity index (χ4n) is 0.563. The summed E-state index contributed by atoms with van der Waals surface area (Å²) in [6, 6.07) is 0. The molecule has 1 aliphatic heterocycles. The second-order valence-corrected chi connectivity index (χ2v) is 2.71. The summed E-state index contributed by atoms with van der Waals surface area (Å²) in [4.78, 5) is 0. The van der Waals surface area contributed by atoms with Crippen molar-refractivity contribution in [3.8, 4) is 0 Å². The lowest BCUT2D eigenvalue weighted by atomic mass is 10.2. The lowest BCUT2D eigenvalue weighted by Gasteiger charge is -2.05. The Kier molecular flexibility index (Phi) is 2.30. The Bertz CT molecular complexity index is 189. The van der Waals surface area contributed by atoms with Gasteiger partial charge in [-0.1, -0.05) is 6.92 Å². The zero-order valence-electron chi connectivity index (χ0n) is 5.13. The van der Waals surface area contributed by atoms with Crippen LogP contribution in [0.1, 0.15) is 13.3 Å². The summed E-state index contributed by atoms with van der Waals surface area (Å²) >= 11 is 2.10. The van der Waals surface area contributed by atoms with Crippen LogP contribution < -0.4 is 0 Å². The highest BCUT2D eigenvalue weighted by Gasteiger charge is 1.95. The van der Waals surface area contributed by atoms with Crippen LogP contribution in [-0.4, -0.2) is 9.09 Å². The Morgan fingerprint density at radius 3 is 3.11 bits per heavy atom. The molecular weight excluding hydrogens is 227 g/mol. The van der Waals surface area contributed by atoms with E-state index in [-0.39, 0.29) is 0 Å². The highest BCUT2D eigenvalue weighted by Crippen LogP contribution is 2.10. The van der Waals surface area contributed by atoms with Gasteiger partial charge in [0, 0.05) is 18.1 Å². The Morgan fingerprint density at radius 2 is 2.67 bits per heavy atom. The third-order valence-corrected chi connectivity index (χ3v) is 1.58. The van der Waals surface area contributed by atoms with E-state index in [1.54, 1.807) is 3.22 Å². The Hall–Kier alpha value is -0.280. The second kappa shape index (κ2) is 3.03. The summed E-state index contributed by atoms with van der Waals surface area (Å²) in [5.74, 6) is 2.79. The minimum atomic E-state index is 1.04. The summed E-state index contributed by atoms with van der Waals surface area (Å²) in [7, 11) is 0. The zero-order chi connectivity index (χ0) is 6.69. The summed E-state index contributed by atoms with van der Waals surface area (Å²) in [5.41, 5.74) is 1.26. The number of rotatable bonds is 1. The molecule has 48 valence electrons. The SMILES string of the molecule is CCC1=CN(I)N=C=C1. The maximum Gasteiger partial charge on any atom is 0.0851 e. The van der Waals surface area contributed by atoms with Crippen LogP contribution in [0.15, 0.2) is 23.0 Å². The minimum absolute atomic E-state index is 1.04. The molecule has 3 heteroatoms. The first-order chi connectivity index (χ1) is 4.33. The molecule has 0 unspecified atom stereocenters. The van der Waals surface area contributed by atoms with E-state index in [1.165, 1.54) is 5.57 Å². The number of allylic oxidation sites excluding steroid dienone is 2. The summed E-state index contributed by atoms with van der Waals surface area (Å²) in [6.07, 6.45) is 4.92. The standard InChI is InChI=1S/C6H7IN2/c1-2-6-3-4-8-9(7)5-6/h3,5H,2H2,1H3. The molecule has 0 spiro atoms. The number of nitrogens with zero attached hydrogens (tertiary/aromatic N) is 2. The molecule has 0 amide bonds. The molecule has 0 aliphatic carbocycles. The van der Waals surface area contributed by atoms with E-state index < -0.39 is 0 Å². The van der Waals surface area contributed by atoms with Crippen LogP contribution in [0, 0.1) is 0 Å². The van der Waals surface area contributed by atoms with Crippen LogP contribution in [0.2, 0.25) is 0 Å². The van der Waals surface area contributed by atoms with Gasteiger partial charge in [0.05, 0.1) is 22.9 Å². The van der Waals surface area contributed by atoms with Gasteiger partial charge in [-0.3, -0.25) is 0 Å². The van der Waals surface area contributed by atoms with E-state index in [9.17, 15) is 0 Å². The van der Waals surface area contributed by atoms with Gasteiger partial charge in [0.1, 0.15) is 0 Å². The predicted octanol–water partition coefficient (Wildman–Crippen LogP) is 2.09. The molecule has 0 atom stereocenters. The molecule has 0 radical (unpaired) electrons. The predicted molar refractivity (Wildman–Crippen MR) is 46.2 cm³/mol. The minimum Gasteiger partial charge on any atom is -0.203 e. The molecule has 0 aromatic carbocycles. The van der Waals surface area contributed by atoms with Crippen molar-refractivity contribution in [2.45, 2.75) is 13.3 Å². The van der Waals surface area contributed by atoms with Crippen LogP contribution in [0.4, 0.5) is 0 Å². The van der Waals surface area contributed by atoms with E-state index >= 15 is 0 Å². The highest BCUT2D eigenvalue weighted by atomic mass is 127. The highest BCUT2D eigenvalue weighted by molar-refractivity contribution is 14.1. The number of hydrazone groups is 1. The van der Waals surface area contributed by atoms with Gasteiger partial charge < -0.3 is 0 Å². The Morgan fingerprint density at radius 1 is 1.89 bits per heavy atom. The van der Waals surface area contributed by atoms with Crippen molar-refractivity contribution in [2.24, 2.45) is 5.10 Å². The average Bonchev–Trinajstić information content (AvgIpc) is 1.88. The van der Waals surface area contributed by atoms with Gasteiger partial charge in [-0.2, -0.15) is 0 Å². The van der Waals surface area contributed by atoms with Crippen molar-refractivity contribution >= 4 is 28.7 Å². The van der Waals surface area contributed by atoms with Gasteiger partial charge in [0.15, 0.2) is 0 Å². The van der Waals surface area contributed by atoms with Gasteiger partial charge in [0.2, 0.25) is 0 Å². The third-order valence-electron chi connectivity index (χ3n) is 1.08. The Labute approximate surface area is 68.4 Å². The molecule has 2 nitrogen and oxygen atoms in total. The van der Waals surface area contributed by atoms with Crippen LogP contribution in [0.5, 0.6) is 0 Å². The van der Waals surface area contributed by atoms with Crippen molar-refractivity contribution in [2.75, 3.05) is 0 Å². The molecular formula is C6H7IN2. The lowest BCUT2D eigenvalue weighted by molar-refractivity contribution is 0.721. The summed E-state index contributed by atoms with van der Waals surface area (Å²) in [6.45, 7) is 2.11. The molecule has 0 aromatic heterocycles. The van der Waals surface area contributed by atoms with Crippen molar-refractivity contribution in [3.63, 3.8) is 0 Å². The number of hydrogen-bond donors (Lipinski definition) is 0. The van der Waals surface area contributed by atoms with Crippen LogP contribution in [0.25, 0.3) is 0 Å². The molecule has 0 fully saturated rings. The van der Waals surface area contributed by atoms with Crippen LogP contribution >= 0.6 is 22.9 Å². The molecule has 0 saturated carbocycles. The maximum atomic E-state index is 3.87. The topological polar surface area (TPSA) is 15.6 Å². The smallest absolute Gasteiger partial charge is 0.0851 e. The number of hydrogen-bond acceptors (Lipinski definition) is 2. The molecule has 0 aromatic rings. The van der Waals surface area contributed by atoms with Crippen molar-refractivity contribution < 1.29 is 0 Å². The average molecular weight is 234 g/mol. The van der Waals surface area contributed by atoms with E-state index in [0.717, 1.165) is 6.42 Å². The van der Waals surface area contributed by atoms with E-state index in [2.05, 4.69) is 40.8 Å². The maximum absolute atomic E-state index is 3.87. The number of halogens is 1. The molecule has 1 aliphatic rings. The normalized spacial score (nSPS) is 16.2. The van der Waals surface area contributed by atoms with Crippen molar-refractivity contribution in [3.05, 3.63) is 17.8 Å². The first-order valence-corrected chi connectivity index (χ1v) is 3.74. The van der Waals surface area contributed by atoms with Crippen LogP contribution in [-0.2, 0) is 0 Å². The Balaban J connectivity index is 2.76. The lowest BCUT2D eigenvalue weighted by Crippen LogP contribution is -1.96. The van der Waals surface area contributed by atoms with Crippen LogP contribution in [0.3, 0.4) is 0 Å². The molecule has 0 bridgehead atoms. The first-order valence-electron chi connectivity index (χ1n) is 2.78. The van der Waals surface area contributed by atoms with E-state index in [0.29, 0.717) is 0 Å². The summed E-state index contributed by atoms with van der Waals surface area (Å²) < 4.78 is 1.73. The largest absolute Gasteiger partial charge is 0.203 e. The van der Waals surface area contributed by atoms with E-state index in [4.69, 9.17) is 0 Å². The fraction of sp³-hybridized carbons (Fsp3) is 0.333. The van der Waals surface area contributed by atoms with Gasteiger partial charge in [-0.05, 0) is 12.0 Å². The summed E-state index contributed by atoms with van der Waals surface area (Å²) in [5, 5.41) is 3.87. The fourth-order valence-corrected chi connectivity index (χ4v) is 1.05. The third kappa shape index (κ3) is 1.84. The van der Waals surface area contributed by atoms with Crippen molar-refractivity contribution in [1.29, 1.82) is 0 Å². The van der Waals surface area contributed by atoms with E-state index in [1.807, 2.05) is 12.3 Å². The molecule has 0 N–H and O–H groups in total. The van der Waals surface area contributed by atoms with Crippen molar-refractivity contribution in [1.82, 2.24) is 3.22 Å². The second-order valence-electron chi connectivity index (χ2n) is 1.72. The molecule has 9 heavy (non-hydrogen) atoms. The monoisotopic (exact) mass is 234 g/mol. The quantitative estimate of drug-likeness (QED) is 0.501. The van der Waals surface area contributed by atoms with Gasteiger partial charge in [-0.15, -0.1) is 5.10 Å². The van der Waals surface area contributed by atoms with Gasteiger partial charge in [0.25, 0.3) is 0 Å². The van der Waals surface area contributed by atoms with Gasteiger partial charge >= 0.3 is 0 Å².